The van der Waals surface area contributed by atoms with Gasteiger partial charge in [-0.3, -0.25) is 4.79 Å². The predicted molar refractivity (Wildman–Crippen MR) is 367 cm³/mol. The van der Waals surface area contributed by atoms with Crippen LogP contribution in [-0.4, -0.2) is 57.3 Å². The van der Waals surface area contributed by atoms with E-state index in [0.29, 0.717) is 12.8 Å². The number of rotatable bonds is 71. The van der Waals surface area contributed by atoms with Gasteiger partial charge in [-0.15, -0.1) is 0 Å². The zero-order valence-electron chi connectivity index (χ0n) is 56.2. The molecule has 0 spiro atoms. The molecule has 0 saturated heterocycles. The van der Waals surface area contributed by atoms with E-state index in [1.807, 2.05) is 0 Å². The summed E-state index contributed by atoms with van der Waals surface area (Å²) in [5, 5.41) is 44.3. The van der Waals surface area contributed by atoms with Crippen LogP contribution >= 0.6 is 0 Å². The molecule has 6 heteroatoms. The molecule has 0 fully saturated rings. The monoisotopic (exact) mass is 1170 g/mol. The molecule has 4 atom stereocenters. The minimum Gasteiger partial charge on any atom is -0.394 e. The molecule has 0 radical (unpaired) electrons. The molecule has 0 heterocycles. The molecular formula is C77H149NO5. The van der Waals surface area contributed by atoms with Gasteiger partial charge in [-0.2, -0.15) is 0 Å². The summed E-state index contributed by atoms with van der Waals surface area (Å²) in [6.45, 7) is 4.10. The maximum absolute atomic E-state index is 12.7. The molecule has 1 amide bonds. The van der Waals surface area contributed by atoms with Crippen molar-refractivity contribution in [2.75, 3.05) is 6.61 Å². The summed E-state index contributed by atoms with van der Waals surface area (Å²) in [6.07, 6.45) is 93.0. The van der Waals surface area contributed by atoms with Gasteiger partial charge in [0.2, 0.25) is 5.91 Å². The van der Waals surface area contributed by atoms with E-state index in [4.69, 9.17) is 0 Å². The highest BCUT2D eigenvalue weighted by atomic mass is 16.3. The molecule has 6 nitrogen and oxygen atoms in total. The molecule has 0 aromatic rings. The van der Waals surface area contributed by atoms with Crippen molar-refractivity contribution in [3.63, 3.8) is 0 Å². The zero-order valence-corrected chi connectivity index (χ0v) is 56.2. The van der Waals surface area contributed by atoms with Crippen molar-refractivity contribution >= 4 is 5.91 Å². The van der Waals surface area contributed by atoms with Crippen LogP contribution in [0.25, 0.3) is 0 Å². The van der Waals surface area contributed by atoms with Crippen molar-refractivity contribution in [2.24, 2.45) is 0 Å². The van der Waals surface area contributed by atoms with Crippen molar-refractivity contribution in [3.8, 4) is 0 Å². The lowest BCUT2D eigenvalue weighted by Crippen LogP contribution is -2.53. The number of nitrogens with one attached hydrogen (secondary N) is 1. The van der Waals surface area contributed by atoms with E-state index in [-0.39, 0.29) is 0 Å². The Morgan fingerprint density at radius 3 is 0.795 bits per heavy atom. The van der Waals surface area contributed by atoms with Crippen LogP contribution in [0.4, 0.5) is 0 Å². The number of aliphatic hydroxyl groups excluding tert-OH is 4. The van der Waals surface area contributed by atoms with Gasteiger partial charge in [-0.1, -0.05) is 384 Å². The molecule has 492 valence electrons. The average Bonchev–Trinajstić information content (AvgIpc) is 3.54. The Morgan fingerprint density at radius 2 is 0.530 bits per heavy atom. The summed E-state index contributed by atoms with van der Waals surface area (Å²) >= 11 is 0. The summed E-state index contributed by atoms with van der Waals surface area (Å²) in [5.41, 5.74) is 0. The van der Waals surface area contributed by atoms with Gasteiger partial charge in [0.25, 0.3) is 0 Å². The fraction of sp³-hybridized carbons (Fsp3) is 0.909. The van der Waals surface area contributed by atoms with Crippen LogP contribution in [0.3, 0.4) is 0 Å². The Bertz CT molecular complexity index is 1320. The van der Waals surface area contributed by atoms with Crippen LogP contribution < -0.4 is 5.32 Å². The number of unbranched alkanes of at least 4 members (excludes halogenated alkanes) is 56. The lowest BCUT2D eigenvalue weighted by molar-refractivity contribution is -0.132. The lowest BCUT2D eigenvalue weighted by Gasteiger charge is -2.27. The Labute approximate surface area is 519 Å². The molecule has 83 heavy (non-hydrogen) atoms. The third kappa shape index (κ3) is 64.8. The Balaban J connectivity index is 3.55. The molecule has 4 unspecified atom stereocenters. The van der Waals surface area contributed by atoms with Crippen LogP contribution in [0.1, 0.15) is 418 Å². The van der Waals surface area contributed by atoms with E-state index < -0.39 is 36.9 Å². The van der Waals surface area contributed by atoms with E-state index in [1.165, 1.54) is 347 Å². The van der Waals surface area contributed by atoms with Crippen molar-refractivity contribution in [3.05, 3.63) is 36.5 Å². The van der Waals surface area contributed by atoms with E-state index in [1.54, 1.807) is 0 Å². The fourth-order valence-electron chi connectivity index (χ4n) is 12.2. The van der Waals surface area contributed by atoms with Crippen molar-refractivity contribution in [1.82, 2.24) is 5.32 Å². The predicted octanol–water partition coefficient (Wildman–Crippen LogP) is 23.8. The third-order valence-corrected chi connectivity index (χ3v) is 18.1. The molecule has 0 saturated carbocycles. The standard InChI is InChI=1S/C77H149NO5/c1-3-5-7-9-11-13-15-17-19-21-23-25-27-29-31-33-35-36-37-38-39-41-43-45-47-49-51-53-55-57-59-61-63-65-67-69-71-75(81)77(83)78-73(72-79)76(82)74(80)70-68-66-64-62-60-58-56-54-52-50-48-46-44-42-40-34-32-30-28-26-24-22-20-18-16-14-12-10-8-6-4-2/h31,33,36-37,62,64,73-76,79-82H,3-30,32,34-35,38-61,63,65-72H2,1-2H3,(H,78,83)/b33-31-,37-36-,64-62+. The number of hydrogen-bond acceptors (Lipinski definition) is 5. The highest BCUT2D eigenvalue weighted by Crippen LogP contribution is 2.20. The minimum absolute atomic E-state index is 0.365. The second kappa shape index (κ2) is 71.3. The maximum atomic E-state index is 12.7. The van der Waals surface area contributed by atoms with E-state index in [2.05, 4.69) is 55.6 Å². The molecule has 0 aliphatic heterocycles. The molecular weight excluding hydrogens is 1020 g/mol. The van der Waals surface area contributed by atoms with Crippen LogP contribution in [0.5, 0.6) is 0 Å². The number of hydrogen-bond donors (Lipinski definition) is 5. The number of carbonyl (C=O) groups excluding carboxylic acids is 1. The summed E-state index contributed by atoms with van der Waals surface area (Å²) in [4.78, 5) is 12.7. The van der Waals surface area contributed by atoms with E-state index in [9.17, 15) is 25.2 Å². The first-order valence-electron chi connectivity index (χ1n) is 37.9. The van der Waals surface area contributed by atoms with Crippen LogP contribution in [-0.2, 0) is 4.79 Å². The van der Waals surface area contributed by atoms with Crippen LogP contribution in [0.15, 0.2) is 36.5 Å². The molecule has 0 rings (SSSR count). The first-order valence-corrected chi connectivity index (χ1v) is 37.9. The van der Waals surface area contributed by atoms with Gasteiger partial charge in [0.05, 0.1) is 18.8 Å². The molecule has 0 aliphatic rings. The van der Waals surface area contributed by atoms with Gasteiger partial charge in [0.1, 0.15) is 12.2 Å². The normalized spacial score (nSPS) is 13.6. The van der Waals surface area contributed by atoms with Gasteiger partial charge in [-0.25, -0.2) is 0 Å². The van der Waals surface area contributed by atoms with Gasteiger partial charge >= 0.3 is 0 Å². The maximum Gasteiger partial charge on any atom is 0.249 e. The quantitative estimate of drug-likeness (QED) is 0.0308. The number of aliphatic hydroxyl groups is 4. The van der Waals surface area contributed by atoms with Crippen molar-refractivity contribution in [1.29, 1.82) is 0 Å². The van der Waals surface area contributed by atoms with Gasteiger partial charge < -0.3 is 25.7 Å². The zero-order chi connectivity index (χ0) is 60.1. The summed E-state index contributed by atoms with van der Waals surface area (Å²) in [5.74, 6) is -0.587. The van der Waals surface area contributed by atoms with Gasteiger partial charge in [-0.05, 0) is 70.6 Å². The van der Waals surface area contributed by atoms with E-state index in [0.717, 1.165) is 44.9 Å². The Kier molecular flexibility index (Phi) is 70.0. The largest absolute Gasteiger partial charge is 0.394 e. The first-order chi connectivity index (χ1) is 41.0. The topological polar surface area (TPSA) is 110 Å². The molecule has 0 bridgehead atoms. The number of allylic oxidation sites excluding steroid dienone is 6. The highest BCUT2D eigenvalue weighted by molar-refractivity contribution is 5.80. The summed E-state index contributed by atoms with van der Waals surface area (Å²) < 4.78 is 0. The highest BCUT2D eigenvalue weighted by Gasteiger charge is 2.28. The number of amides is 1. The van der Waals surface area contributed by atoms with Crippen molar-refractivity contribution < 1.29 is 25.2 Å². The average molecular weight is 1170 g/mol. The fourth-order valence-corrected chi connectivity index (χ4v) is 12.2. The molecule has 0 aromatic heterocycles. The second-order valence-electron chi connectivity index (χ2n) is 26.3. The molecule has 0 aromatic carbocycles. The van der Waals surface area contributed by atoms with E-state index >= 15 is 0 Å². The molecule has 0 aliphatic carbocycles. The van der Waals surface area contributed by atoms with Crippen LogP contribution in [0.2, 0.25) is 0 Å². The van der Waals surface area contributed by atoms with Gasteiger partial charge in [0.15, 0.2) is 0 Å². The van der Waals surface area contributed by atoms with Crippen LogP contribution in [0, 0.1) is 0 Å². The minimum atomic E-state index is -1.28. The first kappa shape index (κ1) is 81.5. The molecule has 5 N–H and O–H groups in total. The Morgan fingerprint density at radius 1 is 0.301 bits per heavy atom. The van der Waals surface area contributed by atoms with Crippen molar-refractivity contribution in [2.45, 2.75) is 443 Å². The third-order valence-electron chi connectivity index (χ3n) is 18.1. The van der Waals surface area contributed by atoms with Gasteiger partial charge in [0, 0.05) is 0 Å². The second-order valence-corrected chi connectivity index (χ2v) is 26.3. The smallest absolute Gasteiger partial charge is 0.249 e. The summed E-state index contributed by atoms with van der Waals surface area (Å²) in [7, 11) is 0. The lowest BCUT2D eigenvalue weighted by atomic mass is 10.00. The number of carbonyl (C=O) groups is 1. The summed E-state index contributed by atoms with van der Waals surface area (Å²) in [6, 6.07) is -1.00. The SMILES string of the molecule is CCCCCCCCCCCCCCC/C=C\C/C=C\CCCCCCCCCCCCCCCCCCC(O)C(=O)NC(CO)C(O)C(O)CCC/C=C/CCCCCCCCCCCCCCCCCCCCCCCCCCCC. The Hall–Kier alpha value is -1.47.